The molecule has 4 heteroatoms. The van der Waals surface area contributed by atoms with E-state index in [2.05, 4.69) is 5.32 Å². The number of hydrogen-bond donors (Lipinski definition) is 3. The van der Waals surface area contributed by atoms with Gasteiger partial charge in [-0.2, -0.15) is 0 Å². The Hall–Kier alpha value is -0.610. The van der Waals surface area contributed by atoms with Gasteiger partial charge in [0.2, 0.25) is 5.91 Å². The summed E-state index contributed by atoms with van der Waals surface area (Å²) >= 11 is 0. The molecule has 0 spiro atoms. The van der Waals surface area contributed by atoms with Crippen LogP contribution in [0.25, 0.3) is 0 Å². The third-order valence-electron chi connectivity index (χ3n) is 3.18. The summed E-state index contributed by atoms with van der Waals surface area (Å²) in [5, 5.41) is 12.0. The maximum Gasteiger partial charge on any atom is 0.220 e. The van der Waals surface area contributed by atoms with Crippen LogP contribution in [0.4, 0.5) is 0 Å². The van der Waals surface area contributed by atoms with Crippen molar-refractivity contribution in [3.05, 3.63) is 0 Å². The third-order valence-corrected chi connectivity index (χ3v) is 3.18. The zero-order chi connectivity index (χ0) is 11.3. The Morgan fingerprint density at radius 2 is 2.27 bits per heavy atom. The van der Waals surface area contributed by atoms with E-state index >= 15 is 0 Å². The van der Waals surface area contributed by atoms with Crippen LogP contribution in [0.3, 0.4) is 0 Å². The molecule has 1 fully saturated rings. The van der Waals surface area contributed by atoms with Crippen LogP contribution in [0.1, 0.15) is 32.6 Å². The standard InChI is InChI=1S/C11H22N2O2/c1-2-8(6-12)5-11(15)13-7-9-3-10(14)4-9/h8-10,14H,2-7,12H2,1H3,(H,13,15). The Morgan fingerprint density at radius 3 is 2.73 bits per heavy atom. The van der Waals surface area contributed by atoms with E-state index in [-0.39, 0.29) is 12.0 Å². The fourth-order valence-corrected chi connectivity index (χ4v) is 1.85. The molecule has 0 aromatic carbocycles. The molecule has 0 aliphatic heterocycles. The first-order valence-electron chi connectivity index (χ1n) is 5.80. The molecule has 0 saturated heterocycles. The smallest absolute Gasteiger partial charge is 0.220 e. The second-order valence-electron chi connectivity index (χ2n) is 4.51. The van der Waals surface area contributed by atoms with Gasteiger partial charge >= 0.3 is 0 Å². The van der Waals surface area contributed by atoms with Gasteiger partial charge in [-0.1, -0.05) is 13.3 Å². The number of rotatable bonds is 6. The van der Waals surface area contributed by atoms with Gasteiger partial charge in [0.15, 0.2) is 0 Å². The molecule has 0 heterocycles. The highest BCUT2D eigenvalue weighted by atomic mass is 16.3. The topological polar surface area (TPSA) is 75.4 Å². The van der Waals surface area contributed by atoms with Crippen molar-refractivity contribution in [2.45, 2.75) is 38.7 Å². The predicted molar refractivity (Wildman–Crippen MR) is 59.2 cm³/mol. The Balaban J connectivity index is 2.08. The van der Waals surface area contributed by atoms with Crippen molar-refractivity contribution in [2.24, 2.45) is 17.6 Å². The van der Waals surface area contributed by atoms with Gasteiger partial charge in [0, 0.05) is 13.0 Å². The first kappa shape index (κ1) is 12.5. The molecule has 1 amide bonds. The molecule has 1 aliphatic carbocycles. The number of hydrogen-bond acceptors (Lipinski definition) is 3. The molecule has 4 nitrogen and oxygen atoms in total. The lowest BCUT2D eigenvalue weighted by Crippen LogP contribution is -2.39. The fraction of sp³-hybridized carbons (Fsp3) is 0.909. The third kappa shape index (κ3) is 4.18. The monoisotopic (exact) mass is 214 g/mol. The predicted octanol–water partition coefficient (Wildman–Crippen LogP) is 0.249. The molecular weight excluding hydrogens is 192 g/mol. The van der Waals surface area contributed by atoms with E-state index in [0.717, 1.165) is 19.3 Å². The normalized spacial score (nSPS) is 26.9. The molecule has 0 radical (unpaired) electrons. The highest BCUT2D eigenvalue weighted by molar-refractivity contribution is 5.76. The lowest BCUT2D eigenvalue weighted by atomic mass is 9.82. The van der Waals surface area contributed by atoms with E-state index < -0.39 is 0 Å². The summed E-state index contributed by atoms with van der Waals surface area (Å²) in [6.45, 7) is 3.33. The summed E-state index contributed by atoms with van der Waals surface area (Å²) in [6.07, 6.45) is 3.00. The average molecular weight is 214 g/mol. The molecule has 0 aromatic rings. The molecule has 1 atom stereocenters. The second-order valence-corrected chi connectivity index (χ2v) is 4.51. The van der Waals surface area contributed by atoms with Crippen molar-refractivity contribution in [1.29, 1.82) is 0 Å². The summed E-state index contributed by atoms with van der Waals surface area (Å²) in [5.74, 6) is 0.868. The van der Waals surface area contributed by atoms with E-state index in [1.807, 2.05) is 6.92 Å². The quantitative estimate of drug-likeness (QED) is 0.593. The van der Waals surface area contributed by atoms with Crippen molar-refractivity contribution in [3.63, 3.8) is 0 Å². The molecule has 1 saturated carbocycles. The van der Waals surface area contributed by atoms with Crippen molar-refractivity contribution < 1.29 is 9.90 Å². The van der Waals surface area contributed by atoms with Gasteiger partial charge in [-0.25, -0.2) is 0 Å². The van der Waals surface area contributed by atoms with E-state index in [9.17, 15) is 4.79 Å². The Bertz CT molecular complexity index is 199. The molecule has 15 heavy (non-hydrogen) atoms. The van der Waals surface area contributed by atoms with Crippen LogP contribution >= 0.6 is 0 Å². The van der Waals surface area contributed by atoms with E-state index in [4.69, 9.17) is 10.8 Å². The van der Waals surface area contributed by atoms with Gasteiger partial charge in [0.05, 0.1) is 6.10 Å². The molecule has 1 aliphatic rings. The van der Waals surface area contributed by atoms with Crippen LogP contribution in [0, 0.1) is 11.8 Å². The van der Waals surface area contributed by atoms with E-state index in [1.54, 1.807) is 0 Å². The van der Waals surface area contributed by atoms with Crippen molar-refractivity contribution in [3.8, 4) is 0 Å². The summed E-state index contributed by atoms with van der Waals surface area (Å²) in [5.41, 5.74) is 5.53. The summed E-state index contributed by atoms with van der Waals surface area (Å²) in [7, 11) is 0. The molecule has 1 unspecified atom stereocenters. The number of nitrogens with two attached hydrogens (primary N) is 1. The van der Waals surface area contributed by atoms with Crippen LogP contribution in [0.15, 0.2) is 0 Å². The zero-order valence-electron chi connectivity index (χ0n) is 9.41. The van der Waals surface area contributed by atoms with Gasteiger partial charge in [0.25, 0.3) is 0 Å². The summed E-state index contributed by atoms with van der Waals surface area (Å²) in [6, 6.07) is 0. The lowest BCUT2D eigenvalue weighted by molar-refractivity contribution is -0.122. The lowest BCUT2D eigenvalue weighted by Gasteiger charge is -2.31. The average Bonchev–Trinajstić information content (AvgIpc) is 2.19. The number of aliphatic hydroxyl groups is 1. The zero-order valence-corrected chi connectivity index (χ0v) is 9.41. The molecule has 1 rings (SSSR count). The largest absolute Gasteiger partial charge is 0.393 e. The van der Waals surface area contributed by atoms with Crippen molar-refractivity contribution >= 4 is 5.91 Å². The first-order chi connectivity index (χ1) is 7.15. The van der Waals surface area contributed by atoms with Crippen LogP contribution < -0.4 is 11.1 Å². The maximum atomic E-state index is 11.5. The second kappa shape index (κ2) is 6.08. The van der Waals surface area contributed by atoms with Gasteiger partial charge < -0.3 is 16.2 Å². The molecule has 0 bridgehead atoms. The van der Waals surface area contributed by atoms with E-state index in [1.165, 1.54) is 0 Å². The molecule has 4 N–H and O–H groups in total. The van der Waals surface area contributed by atoms with E-state index in [0.29, 0.717) is 31.3 Å². The molecular formula is C11H22N2O2. The van der Waals surface area contributed by atoms with Crippen LogP contribution in [0.2, 0.25) is 0 Å². The van der Waals surface area contributed by atoms with Crippen LogP contribution in [-0.2, 0) is 4.79 Å². The summed E-state index contributed by atoms with van der Waals surface area (Å²) < 4.78 is 0. The van der Waals surface area contributed by atoms with Crippen LogP contribution in [-0.4, -0.2) is 30.2 Å². The minimum Gasteiger partial charge on any atom is -0.393 e. The van der Waals surface area contributed by atoms with Crippen LogP contribution in [0.5, 0.6) is 0 Å². The van der Waals surface area contributed by atoms with Gasteiger partial charge in [-0.15, -0.1) is 0 Å². The molecule has 0 aromatic heterocycles. The number of nitrogens with one attached hydrogen (secondary N) is 1. The van der Waals surface area contributed by atoms with Crippen molar-refractivity contribution in [2.75, 3.05) is 13.1 Å². The number of carbonyl (C=O) groups excluding carboxylic acids is 1. The number of carbonyl (C=O) groups is 1. The Kier molecular flexibility index (Phi) is 5.05. The minimum atomic E-state index is -0.140. The minimum absolute atomic E-state index is 0.0914. The number of amides is 1. The fourth-order valence-electron chi connectivity index (χ4n) is 1.85. The van der Waals surface area contributed by atoms with Gasteiger partial charge in [-0.05, 0) is 31.2 Å². The van der Waals surface area contributed by atoms with Crippen molar-refractivity contribution in [1.82, 2.24) is 5.32 Å². The van der Waals surface area contributed by atoms with Gasteiger partial charge in [0.1, 0.15) is 0 Å². The van der Waals surface area contributed by atoms with Gasteiger partial charge in [-0.3, -0.25) is 4.79 Å². The molecule has 88 valence electrons. The highest BCUT2D eigenvalue weighted by Gasteiger charge is 2.27. The highest BCUT2D eigenvalue weighted by Crippen LogP contribution is 2.26. The Labute approximate surface area is 91.2 Å². The summed E-state index contributed by atoms with van der Waals surface area (Å²) in [4.78, 5) is 11.5. The maximum absolute atomic E-state index is 11.5. The number of aliphatic hydroxyl groups excluding tert-OH is 1. The first-order valence-corrected chi connectivity index (χ1v) is 5.80. The SMILES string of the molecule is CCC(CN)CC(=O)NCC1CC(O)C1. The Morgan fingerprint density at radius 1 is 1.60 bits per heavy atom.